The maximum Gasteiger partial charge on any atom is 0.350 e. The van der Waals surface area contributed by atoms with Gasteiger partial charge in [-0.1, -0.05) is 36.4 Å². The van der Waals surface area contributed by atoms with E-state index < -0.39 is 5.63 Å². The molecule has 1 aliphatic heterocycles. The van der Waals surface area contributed by atoms with Crippen molar-refractivity contribution in [2.75, 3.05) is 13.1 Å². The van der Waals surface area contributed by atoms with E-state index in [1.165, 1.54) is 4.68 Å². The van der Waals surface area contributed by atoms with Gasteiger partial charge in [0, 0.05) is 31.4 Å². The van der Waals surface area contributed by atoms with Crippen molar-refractivity contribution in [2.45, 2.75) is 18.8 Å². The molecule has 4 aromatic rings. The summed E-state index contributed by atoms with van der Waals surface area (Å²) >= 11 is 0. The molecule has 1 fully saturated rings. The Kier molecular flexibility index (Phi) is 4.97. The van der Waals surface area contributed by atoms with Gasteiger partial charge in [0.15, 0.2) is 0 Å². The Hall–Kier alpha value is -3.94. The molecule has 0 saturated carbocycles. The summed E-state index contributed by atoms with van der Waals surface area (Å²) < 4.78 is 8.31. The van der Waals surface area contributed by atoms with E-state index in [2.05, 4.69) is 5.10 Å². The number of benzene rings is 2. The van der Waals surface area contributed by atoms with E-state index in [0.717, 1.165) is 5.69 Å². The summed E-state index contributed by atoms with van der Waals surface area (Å²) in [6.45, 7) is 0.935. The Morgan fingerprint density at radius 3 is 2.44 bits per heavy atom. The molecule has 5 rings (SSSR count). The fourth-order valence-corrected chi connectivity index (χ4v) is 4.29. The van der Waals surface area contributed by atoms with Crippen molar-refractivity contribution < 1.29 is 9.21 Å². The monoisotopic (exact) mass is 430 g/mol. The molecule has 8 heteroatoms. The number of carbonyl (C=O) groups is 1. The molecule has 2 aromatic heterocycles. The average molecular weight is 430 g/mol. The fourth-order valence-electron chi connectivity index (χ4n) is 4.29. The highest BCUT2D eigenvalue weighted by Gasteiger charge is 2.30. The molecule has 0 aliphatic carbocycles. The molecule has 0 radical (unpaired) electrons. The molecular weight excluding hydrogens is 408 g/mol. The van der Waals surface area contributed by atoms with Gasteiger partial charge >= 0.3 is 11.3 Å². The van der Waals surface area contributed by atoms with Crippen molar-refractivity contribution >= 4 is 16.9 Å². The van der Waals surface area contributed by atoms with Crippen molar-refractivity contribution in [1.82, 2.24) is 19.2 Å². The maximum absolute atomic E-state index is 13.0. The number of rotatable bonds is 3. The Labute approximate surface area is 183 Å². The van der Waals surface area contributed by atoms with Crippen molar-refractivity contribution in [2.24, 2.45) is 7.05 Å². The second-order valence-electron chi connectivity index (χ2n) is 7.99. The molecule has 32 heavy (non-hydrogen) atoms. The zero-order valence-electron chi connectivity index (χ0n) is 17.6. The van der Waals surface area contributed by atoms with Crippen molar-refractivity contribution in [3.63, 3.8) is 0 Å². The van der Waals surface area contributed by atoms with Gasteiger partial charge in [-0.2, -0.15) is 5.10 Å². The van der Waals surface area contributed by atoms with E-state index in [0.29, 0.717) is 42.7 Å². The highest BCUT2D eigenvalue weighted by Crippen LogP contribution is 2.28. The average Bonchev–Trinajstić information content (AvgIpc) is 3.13. The number of nitrogens with zero attached hydrogens (tertiary/aromatic N) is 4. The van der Waals surface area contributed by atoms with Crippen LogP contribution in [0, 0.1) is 0 Å². The number of fused-ring (bicyclic) bond motifs is 1. The Bertz CT molecular complexity index is 1410. The van der Waals surface area contributed by atoms with Crippen molar-refractivity contribution in [3.05, 3.63) is 93.0 Å². The van der Waals surface area contributed by atoms with Gasteiger partial charge in [-0.15, -0.1) is 0 Å². The number of piperidine rings is 1. The van der Waals surface area contributed by atoms with E-state index in [9.17, 15) is 14.4 Å². The van der Waals surface area contributed by atoms with Crippen LogP contribution >= 0.6 is 0 Å². The molecule has 0 atom stereocenters. The molecule has 0 unspecified atom stereocenters. The first-order valence-corrected chi connectivity index (χ1v) is 10.6. The zero-order valence-corrected chi connectivity index (χ0v) is 17.6. The fraction of sp³-hybridized carbons (Fsp3) is 0.250. The van der Waals surface area contributed by atoms with Crippen LogP contribution in [0.5, 0.6) is 0 Å². The van der Waals surface area contributed by atoms with Gasteiger partial charge in [0.05, 0.1) is 5.69 Å². The lowest BCUT2D eigenvalue weighted by Gasteiger charge is -2.31. The Balaban J connectivity index is 1.38. The lowest BCUT2D eigenvalue weighted by molar-refractivity contribution is 0.0706. The topological polar surface area (TPSA) is 90.3 Å². The third-order valence-corrected chi connectivity index (χ3v) is 5.98. The minimum atomic E-state index is -0.626. The van der Waals surface area contributed by atoms with Crippen LogP contribution in [0.1, 0.15) is 34.9 Å². The molecule has 3 heterocycles. The molecule has 162 valence electrons. The largest absolute Gasteiger partial charge is 0.422 e. The summed E-state index contributed by atoms with van der Waals surface area (Å²) in [5, 5.41) is 5.20. The van der Waals surface area contributed by atoms with E-state index >= 15 is 0 Å². The summed E-state index contributed by atoms with van der Waals surface area (Å²) in [6.07, 6.45) is 1.29. The highest BCUT2D eigenvalue weighted by atomic mass is 16.4. The Morgan fingerprint density at radius 1 is 1.00 bits per heavy atom. The summed E-state index contributed by atoms with van der Waals surface area (Å²) in [5.41, 5.74) is 0.452. The van der Waals surface area contributed by atoms with Crippen LogP contribution in [0.3, 0.4) is 0 Å². The first-order valence-electron chi connectivity index (χ1n) is 10.6. The molecule has 0 bridgehead atoms. The smallest absolute Gasteiger partial charge is 0.350 e. The van der Waals surface area contributed by atoms with Gasteiger partial charge in [-0.3, -0.25) is 4.79 Å². The SMILES string of the molecule is Cn1nc(C2CCN(C(=O)c3cc4ccccc4oc3=O)CC2)n(-c2ccccc2)c1=O. The third-order valence-electron chi connectivity index (χ3n) is 5.98. The number of carbonyl (C=O) groups excluding carboxylic acids is 1. The molecule has 0 N–H and O–H groups in total. The number of hydrogen-bond acceptors (Lipinski definition) is 5. The molecule has 1 saturated heterocycles. The number of para-hydroxylation sites is 2. The summed E-state index contributed by atoms with van der Waals surface area (Å²) in [7, 11) is 1.64. The number of hydrogen-bond donors (Lipinski definition) is 0. The van der Waals surface area contributed by atoms with Crippen LogP contribution < -0.4 is 11.3 Å². The first kappa shape index (κ1) is 20.0. The predicted octanol–water partition coefficient (Wildman–Crippen LogP) is 2.70. The molecule has 2 aromatic carbocycles. The molecule has 0 spiro atoms. The van der Waals surface area contributed by atoms with Gasteiger partial charge in [0.1, 0.15) is 17.0 Å². The van der Waals surface area contributed by atoms with E-state index in [-0.39, 0.29) is 23.1 Å². The van der Waals surface area contributed by atoms with Crippen LogP contribution in [-0.2, 0) is 7.05 Å². The molecule has 1 amide bonds. The van der Waals surface area contributed by atoms with E-state index in [1.807, 2.05) is 42.5 Å². The van der Waals surface area contributed by atoms with Crippen LogP contribution in [0.4, 0.5) is 0 Å². The standard InChI is InChI=1S/C24H22N4O4/c1-26-24(31)28(18-8-3-2-4-9-18)21(25-26)16-11-13-27(14-12-16)22(29)19-15-17-7-5-6-10-20(17)32-23(19)30/h2-10,15-16H,11-14H2,1H3. The van der Waals surface area contributed by atoms with Crippen LogP contribution in [0.25, 0.3) is 16.7 Å². The second-order valence-corrected chi connectivity index (χ2v) is 7.99. The number of aryl methyl sites for hydroxylation is 1. The lowest BCUT2D eigenvalue weighted by Crippen LogP contribution is -2.40. The minimum absolute atomic E-state index is 0.0289. The third kappa shape index (κ3) is 3.43. The van der Waals surface area contributed by atoms with E-state index in [1.54, 1.807) is 34.7 Å². The predicted molar refractivity (Wildman–Crippen MR) is 119 cm³/mol. The van der Waals surface area contributed by atoms with Gasteiger partial charge in [0.25, 0.3) is 5.91 Å². The summed E-state index contributed by atoms with van der Waals surface area (Å²) in [4.78, 5) is 39.8. The second kappa shape index (κ2) is 7.96. The van der Waals surface area contributed by atoms with Gasteiger partial charge in [0.2, 0.25) is 0 Å². The first-order chi connectivity index (χ1) is 15.5. The number of amides is 1. The van der Waals surface area contributed by atoms with Crippen LogP contribution in [0.15, 0.2) is 74.7 Å². The quantitative estimate of drug-likeness (QED) is 0.466. The number of aromatic nitrogens is 3. The van der Waals surface area contributed by atoms with Crippen molar-refractivity contribution in [1.29, 1.82) is 0 Å². The molecular formula is C24H22N4O4. The normalized spacial score (nSPS) is 14.7. The lowest BCUT2D eigenvalue weighted by atomic mass is 9.95. The Morgan fingerprint density at radius 2 is 1.69 bits per heavy atom. The maximum atomic E-state index is 13.0. The zero-order chi connectivity index (χ0) is 22.2. The van der Waals surface area contributed by atoms with Crippen molar-refractivity contribution in [3.8, 4) is 5.69 Å². The summed E-state index contributed by atoms with van der Waals surface area (Å²) in [5.74, 6) is 0.395. The van der Waals surface area contributed by atoms with Gasteiger partial charge in [-0.05, 0) is 37.1 Å². The van der Waals surface area contributed by atoms with Crippen LogP contribution in [-0.4, -0.2) is 38.2 Å². The minimum Gasteiger partial charge on any atom is -0.422 e. The van der Waals surface area contributed by atoms with Gasteiger partial charge < -0.3 is 9.32 Å². The summed E-state index contributed by atoms with van der Waals surface area (Å²) in [6, 6.07) is 18.2. The van der Waals surface area contributed by atoms with Gasteiger partial charge in [-0.25, -0.2) is 18.8 Å². The van der Waals surface area contributed by atoms with E-state index in [4.69, 9.17) is 4.42 Å². The molecule has 8 nitrogen and oxygen atoms in total. The molecule has 1 aliphatic rings. The van der Waals surface area contributed by atoms with Crippen LogP contribution in [0.2, 0.25) is 0 Å². The highest BCUT2D eigenvalue weighted by molar-refractivity contribution is 5.96. The number of likely N-dealkylation sites (tertiary alicyclic amines) is 1.